The number of nitrogens with zero attached hydrogens (tertiary/aromatic N) is 1. The van der Waals surface area contributed by atoms with Crippen molar-refractivity contribution in [2.75, 3.05) is 19.6 Å². The van der Waals surface area contributed by atoms with Gasteiger partial charge in [0.25, 0.3) is 10.2 Å². The van der Waals surface area contributed by atoms with Gasteiger partial charge in [-0.05, 0) is 38.6 Å². The van der Waals surface area contributed by atoms with Crippen LogP contribution in [0.25, 0.3) is 0 Å². The van der Waals surface area contributed by atoms with Crippen molar-refractivity contribution >= 4 is 10.2 Å². The molecule has 2 aliphatic rings. The van der Waals surface area contributed by atoms with E-state index < -0.39 is 10.2 Å². The smallest absolute Gasteiger partial charge is 0.280 e. The fourth-order valence-electron chi connectivity index (χ4n) is 2.31. The van der Waals surface area contributed by atoms with Gasteiger partial charge in [0.2, 0.25) is 0 Å². The van der Waals surface area contributed by atoms with E-state index in [-0.39, 0.29) is 6.17 Å². The van der Waals surface area contributed by atoms with Crippen LogP contribution in [-0.4, -0.2) is 38.5 Å². The normalized spacial score (nSPS) is 29.1. The van der Waals surface area contributed by atoms with Crippen LogP contribution in [0.3, 0.4) is 0 Å². The molecule has 16 heavy (non-hydrogen) atoms. The molecule has 0 aliphatic carbocycles. The molecule has 2 rings (SSSR count). The number of hydrogen-bond donors (Lipinski definition) is 2. The predicted molar refractivity (Wildman–Crippen MR) is 63.1 cm³/mol. The minimum absolute atomic E-state index is 0.0688. The van der Waals surface area contributed by atoms with Crippen LogP contribution >= 0.6 is 0 Å². The van der Waals surface area contributed by atoms with Gasteiger partial charge in [0.05, 0.1) is 6.17 Å². The third-order valence-electron chi connectivity index (χ3n) is 3.26. The van der Waals surface area contributed by atoms with Crippen LogP contribution < -0.4 is 10.0 Å². The summed E-state index contributed by atoms with van der Waals surface area (Å²) in [5, 5.41) is 3.20. The Morgan fingerprint density at radius 3 is 2.44 bits per heavy atom. The minimum Gasteiger partial charge on any atom is -0.301 e. The molecule has 0 amide bonds. The average molecular weight is 247 g/mol. The Hall–Kier alpha value is -0.170. The number of rotatable bonds is 3. The lowest BCUT2D eigenvalue weighted by Crippen LogP contribution is -2.53. The monoisotopic (exact) mass is 247 g/mol. The molecule has 0 saturated carbocycles. The third kappa shape index (κ3) is 3.16. The van der Waals surface area contributed by atoms with E-state index >= 15 is 0 Å². The summed E-state index contributed by atoms with van der Waals surface area (Å²) < 4.78 is 28.4. The van der Waals surface area contributed by atoms with E-state index in [9.17, 15) is 8.42 Å². The molecule has 2 heterocycles. The molecule has 0 aromatic rings. The number of piperidine rings is 2. The van der Waals surface area contributed by atoms with Gasteiger partial charge in [0.1, 0.15) is 0 Å². The van der Waals surface area contributed by atoms with E-state index in [1.165, 1.54) is 0 Å². The largest absolute Gasteiger partial charge is 0.301 e. The van der Waals surface area contributed by atoms with E-state index in [0.717, 1.165) is 45.1 Å². The second-order valence-electron chi connectivity index (χ2n) is 4.59. The first-order valence-corrected chi connectivity index (χ1v) is 7.63. The van der Waals surface area contributed by atoms with Gasteiger partial charge in [0, 0.05) is 13.1 Å². The second kappa shape index (κ2) is 5.44. The molecular weight excluding hydrogens is 226 g/mol. The summed E-state index contributed by atoms with van der Waals surface area (Å²) in [6, 6.07) is 0. The van der Waals surface area contributed by atoms with Crippen LogP contribution in [0, 0.1) is 0 Å². The lowest BCUT2D eigenvalue weighted by molar-refractivity contribution is 0.323. The van der Waals surface area contributed by atoms with E-state index in [1.54, 1.807) is 4.31 Å². The Morgan fingerprint density at radius 2 is 1.81 bits per heavy atom. The highest BCUT2D eigenvalue weighted by molar-refractivity contribution is 7.87. The molecule has 2 aliphatic heterocycles. The molecule has 0 aromatic carbocycles. The average Bonchev–Trinajstić information content (AvgIpc) is 2.31. The summed E-state index contributed by atoms with van der Waals surface area (Å²) in [5.74, 6) is 0. The van der Waals surface area contributed by atoms with Crippen molar-refractivity contribution < 1.29 is 8.42 Å². The summed E-state index contributed by atoms with van der Waals surface area (Å²) in [6.45, 7) is 2.25. The highest BCUT2D eigenvalue weighted by atomic mass is 32.2. The van der Waals surface area contributed by atoms with Crippen molar-refractivity contribution in [3.8, 4) is 0 Å². The number of hydrogen-bond acceptors (Lipinski definition) is 3. The van der Waals surface area contributed by atoms with Gasteiger partial charge in [0.15, 0.2) is 0 Å². The quantitative estimate of drug-likeness (QED) is 0.759. The zero-order valence-corrected chi connectivity index (χ0v) is 10.4. The molecule has 1 atom stereocenters. The molecule has 2 saturated heterocycles. The van der Waals surface area contributed by atoms with E-state index in [2.05, 4.69) is 10.0 Å². The summed E-state index contributed by atoms with van der Waals surface area (Å²) in [7, 11) is -3.26. The van der Waals surface area contributed by atoms with Crippen LogP contribution in [-0.2, 0) is 10.2 Å². The predicted octanol–water partition coefficient (Wildman–Crippen LogP) is 0.406. The summed E-state index contributed by atoms with van der Waals surface area (Å²) >= 11 is 0. The zero-order valence-electron chi connectivity index (χ0n) is 9.61. The van der Waals surface area contributed by atoms with Crippen molar-refractivity contribution in [2.24, 2.45) is 0 Å². The van der Waals surface area contributed by atoms with E-state index in [4.69, 9.17) is 0 Å². The van der Waals surface area contributed by atoms with Gasteiger partial charge in [-0.1, -0.05) is 6.42 Å². The molecule has 0 radical (unpaired) electrons. The SMILES string of the molecule is O=S(=O)(NC1CCCCN1)N1CCCCC1. The molecule has 0 spiro atoms. The lowest BCUT2D eigenvalue weighted by Gasteiger charge is -2.30. The third-order valence-corrected chi connectivity index (χ3v) is 4.88. The first-order chi connectivity index (χ1) is 7.68. The molecule has 6 heteroatoms. The van der Waals surface area contributed by atoms with Gasteiger partial charge in [-0.2, -0.15) is 17.4 Å². The molecule has 5 nitrogen and oxygen atoms in total. The zero-order chi connectivity index (χ0) is 11.4. The molecule has 2 fully saturated rings. The second-order valence-corrected chi connectivity index (χ2v) is 6.29. The van der Waals surface area contributed by atoms with Crippen LogP contribution in [0.15, 0.2) is 0 Å². The molecule has 0 aromatic heterocycles. The molecule has 0 bridgehead atoms. The van der Waals surface area contributed by atoms with Crippen molar-refractivity contribution in [1.29, 1.82) is 0 Å². The maximum Gasteiger partial charge on any atom is 0.280 e. The summed E-state index contributed by atoms with van der Waals surface area (Å²) in [4.78, 5) is 0. The Labute approximate surface area is 97.8 Å². The molecule has 94 valence electrons. The Morgan fingerprint density at radius 1 is 1.06 bits per heavy atom. The fourth-order valence-corrected chi connectivity index (χ4v) is 3.76. The van der Waals surface area contributed by atoms with Gasteiger partial charge in [-0.25, -0.2) is 0 Å². The highest BCUT2D eigenvalue weighted by Crippen LogP contribution is 2.13. The van der Waals surface area contributed by atoms with Crippen LogP contribution in [0.2, 0.25) is 0 Å². The summed E-state index contributed by atoms with van der Waals surface area (Å²) in [6.07, 6.45) is 6.18. The summed E-state index contributed by atoms with van der Waals surface area (Å²) in [5.41, 5.74) is 0. The van der Waals surface area contributed by atoms with Gasteiger partial charge >= 0.3 is 0 Å². The fraction of sp³-hybridized carbons (Fsp3) is 1.00. The van der Waals surface area contributed by atoms with Gasteiger partial charge in [-0.15, -0.1) is 0 Å². The Balaban J connectivity index is 1.90. The standard InChI is InChI=1S/C10H21N3O2S/c14-16(15,13-8-4-1-5-9-13)12-10-6-2-3-7-11-10/h10-12H,1-9H2. The van der Waals surface area contributed by atoms with Crippen molar-refractivity contribution in [3.05, 3.63) is 0 Å². The molecule has 1 unspecified atom stereocenters. The van der Waals surface area contributed by atoms with Crippen molar-refractivity contribution in [3.63, 3.8) is 0 Å². The topological polar surface area (TPSA) is 61.4 Å². The van der Waals surface area contributed by atoms with Gasteiger partial charge < -0.3 is 5.32 Å². The van der Waals surface area contributed by atoms with Gasteiger partial charge in [-0.3, -0.25) is 0 Å². The maximum absolute atomic E-state index is 12.0. The van der Waals surface area contributed by atoms with Crippen LogP contribution in [0.5, 0.6) is 0 Å². The molecular formula is C10H21N3O2S. The minimum atomic E-state index is -3.26. The van der Waals surface area contributed by atoms with Crippen LogP contribution in [0.1, 0.15) is 38.5 Å². The first-order valence-electron chi connectivity index (χ1n) is 6.19. The van der Waals surface area contributed by atoms with Crippen LogP contribution in [0.4, 0.5) is 0 Å². The Bertz CT molecular complexity index is 306. The van der Waals surface area contributed by atoms with E-state index in [0.29, 0.717) is 13.1 Å². The first kappa shape index (κ1) is 12.3. The van der Waals surface area contributed by atoms with E-state index in [1.807, 2.05) is 0 Å². The Kier molecular flexibility index (Phi) is 4.18. The molecule has 2 N–H and O–H groups in total. The van der Waals surface area contributed by atoms with Crippen molar-refractivity contribution in [1.82, 2.24) is 14.3 Å². The maximum atomic E-state index is 12.0. The van der Waals surface area contributed by atoms with Crippen molar-refractivity contribution in [2.45, 2.75) is 44.7 Å². The highest BCUT2D eigenvalue weighted by Gasteiger charge is 2.26. The number of nitrogens with one attached hydrogen (secondary N) is 2. The lowest BCUT2D eigenvalue weighted by atomic mass is 10.1.